The number of methoxy groups -OCH3 is 1. The van der Waals surface area contributed by atoms with Gasteiger partial charge in [-0.15, -0.1) is 0 Å². The molecule has 0 aromatic heterocycles. The number of nitrogens with one attached hydrogen (secondary N) is 2. The molecule has 0 bridgehead atoms. The van der Waals surface area contributed by atoms with Crippen LogP contribution in [0.4, 0.5) is 16.2 Å². The van der Waals surface area contributed by atoms with E-state index >= 15 is 0 Å². The molecular formula is C15H17N3O2. The number of amides is 2. The average molecular weight is 271 g/mol. The number of urea groups is 1. The maximum atomic E-state index is 11.9. The largest absolute Gasteiger partial charge is 0.497 e. The molecule has 0 fully saturated rings. The van der Waals surface area contributed by atoms with E-state index in [9.17, 15) is 4.79 Å². The normalized spacial score (nSPS) is 9.90. The topological polar surface area (TPSA) is 76.4 Å². The van der Waals surface area contributed by atoms with Crippen LogP contribution in [0.1, 0.15) is 5.56 Å². The summed E-state index contributed by atoms with van der Waals surface area (Å²) in [6.45, 7) is 0.371. The predicted octanol–water partition coefficient (Wildman–Crippen LogP) is 2.80. The van der Waals surface area contributed by atoms with E-state index in [1.807, 2.05) is 36.4 Å². The van der Waals surface area contributed by atoms with Crippen molar-refractivity contribution in [1.29, 1.82) is 0 Å². The fourth-order valence-electron chi connectivity index (χ4n) is 1.81. The van der Waals surface area contributed by atoms with Gasteiger partial charge in [0.15, 0.2) is 0 Å². The van der Waals surface area contributed by atoms with Crippen LogP contribution in [0.15, 0.2) is 48.5 Å². The predicted molar refractivity (Wildman–Crippen MR) is 80.0 cm³/mol. The summed E-state index contributed by atoms with van der Waals surface area (Å²) < 4.78 is 5.10. The highest BCUT2D eigenvalue weighted by molar-refractivity contribution is 6.00. The van der Waals surface area contributed by atoms with Gasteiger partial charge >= 0.3 is 6.03 Å². The molecule has 5 nitrogen and oxygen atoms in total. The SMILES string of the molecule is COc1cccc(NC(=O)Nc2ccccc2CN)c1. The van der Waals surface area contributed by atoms with Gasteiger partial charge in [-0.2, -0.15) is 0 Å². The molecule has 5 heteroatoms. The first kappa shape index (κ1) is 13.9. The molecule has 0 aliphatic rings. The van der Waals surface area contributed by atoms with Crippen molar-refractivity contribution >= 4 is 17.4 Å². The molecule has 0 radical (unpaired) electrons. The van der Waals surface area contributed by atoms with Crippen molar-refractivity contribution in [1.82, 2.24) is 0 Å². The Bertz CT molecular complexity index is 599. The van der Waals surface area contributed by atoms with Crippen LogP contribution in [0.25, 0.3) is 0 Å². The smallest absolute Gasteiger partial charge is 0.323 e. The second kappa shape index (κ2) is 6.58. The molecule has 2 amide bonds. The second-order valence-corrected chi connectivity index (χ2v) is 4.17. The number of carbonyl (C=O) groups excluding carboxylic acids is 1. The van der Waals surface area contributed by atoms with E-state index in [0.29, 0.717) is 23.7 Å². The molecule has 0 spiro atoms. The Labute approximate surface area is 117 Å². The Balaban J connectivity index is 2.05. The highest BCUT2D eigenvalue weighted by atomic mass is 16.5. The molecule has 0 saturated heterocycles. The maximum Gasteiger partial charge on any atom is 0.323 e. The van der Waals surface area contributed by atoms with E-state index in [2.05, 4.69) is 10.6 Å². The van der Waals surface area contributed by atoms with Crippen LogP contribution in [0.5, 0.6) is 5.75 Å². The van der Waals surface area contributed by atoms with Crippen LogP contribution in [-0.2, 0) is 6.54 Å². The van der Waals surface area contributed by atoms with Crippen LogP contribution in [-0.4, -0.2) is 13.1 Å². The lowest BCUT2D eigenvalue weighted by Crippen LogP contribution is -2.20. The molecule has 0 unspecified atom stereocenters. The van der Waals surface area contributed by atoms with Gasteiger partial charge in [-0.3, -0.25) is 0 Å². The van der Waals surface area contributed by atoms with E-state index in [4.69, 9.17) is 10.5 Å². The summed E-state index contributed by atoms with van der Waals surface area (Å²) in [5.41, 5.74) is 7.87. The monoisotopic (exact) mass is 271 g/mol. The summed E-state index contributed by atoms with van der Waals surface area (Å²) in [5, 5.41) is 5.52. The lowest BCUT2D eigenvalue weighted by atomic mass is 10.2. The first-order valence-electron chi connectivity index (χ1n) is 6.23. The molecule has 2 aromatic rings. The number of anilines is 2. The van der Waals surface area contributed by atoms with Crippen molar-refractivity contribution < 1.29 is 9.53 Å². The van der Waals surface area contributed by atoms with Crippen molar-refractivity contribution in [3.8, 4) is 5.75 Å². The van der Waals surface area contributed by atoms with E-state index in [0.717, 1.165) is 5.56 Å². The van der Waals surface area contributed by atoms with Gasteiger partial charge in [0.05, 0.1) is 7.11 Å². The molecule has 0 atom stereocenters. The van der Waals surface area contributed by atoms with E-state index < -0.39 is 0 Å². The minimum Gasteiger partial charge on any atom is -0.497 e. The summed E-state index contributed by atoms with van der Waals surface area (Å²) in [7, 11) is 1.58. The van der Waals surface area contributed by atoms with Crippen molar-refractivity contribution in [2.24, 2.45) is 5.73 Å². The van der Waals surface area contributed by atoms with Crippen molar-refractivity contribution in [2.75, 3.05) is 17.7 Å². The van der Waals surface area contributed by atoms with E-state index in [-0.39, 0.29) is 6.03 Å². The Hall–Kier alpha value is -2.53. The van der Waals surface area contributed by atoms with Crippen LogP contribution >= 0.6 is 0 Å². The lowest BCUT2D eigenvalue weighted by Gasteiger charge is -2.11. The Kier molecular flexibility index (Phi) is 4.57. The molecular weight excluding hydrogens is 254 g/mol. The molecule has 0 heterocycles. The Morgan fingerprint density at radius 3 is 2.70 bits per heavy atom. The van der Waals surface area contributed by atoms with Crippen LogP contribution < -0.4 is 21.1 Å². The summed E-state index contributed by atoms with van der Waals surface area (Å²) in [5.74, 6) is 0.685. The zero-order valence-corrected chi connectivity index (χ0v) is 11.2. The molecule has 0 aliphatic carbocycles. The number of para-hydroxylation sites is 1. The number of hydrogen-bond acceptors (Lipinski definition) is 3. The summed E-state index contributed by atoms with van der Waals surface area (Å²) in [4.78, 5) is 11.9. The lowest BCUT2D eigenvalue weighted by molar-refractivity contribution is 0.262. The summed E-state index contributed by atoms with van der Waals surface area (Å²) >= 11 is 0. The third-order valence-corrected chi connectivity index (χ3v) is 2.81. The quantitative estimate of drug-likeness (QED) is 0.800. The fourth-order valence-corrected chi connectivity index (χ4v) is 1.81. The first-order valence-corrected chi connectivity index (χ1v) is 6.23. The van der Waals surface area contributed by atoms with Gasteiger partial charge in [0.1, 0.15) is 5.75 Å². The Morgan fingerprint density at radius 2 is 1.95 bits per heavy atom. The standard InChI is InChI=1S/C15H17N3O2/c1-20-13-7-4-6-12(9-13)17-15(19)18-14-8-3-2-5-11(14)10-16/h2-9H,10,16H2,1H3,(H2,17,18,19). The van der Waals surface area contributed by atoms with Crippen LogP contribution in [0, 0.1) is 0 Å². The van der Waals surface area contributed by atoms with Crippen LogP contribution in [0.2, 0.25) is 0 Å². The minimum atomic E-state index is -0.320. The summed E-state index contributed by atoms with van der Waals surface area (Å²) in [6, 6.07) is 14.3. The minimum absolute atomic E-state index is 0.320. The highest BCUT2D eigenvalue weighted by Gasteiger charge is 2.06. The second-order valence-electron chi connectivity index (χ2n) is 4.17. The first-order chi connectivity index (χ1) is 9.72. The molecule has 2 rings (SSSR count). The van der Waals surface area contributed by atoms with Gasteiger partial charge in [0, 0.05) is 24.0 Å². The fraction of sp³-hybridized carbons (Fsp3) is 0.133. The summed E-state index contributed by atoms with van der Waals surface area (Å²) in [6.07, 6.45) is 0. The van der Waals surface area contributed by atoms with Gasteiger partial charge in [-0.25, -0.2) is 4.79 Å². The van der Waals surface area contributed by atoms with E-state index in [1.165, 1.54) is 0 Å². The molecule has 4 N–H and O–H groups in total. The third-order valence-electron chi connectivity index (χ3n) is 2.81. The van der Waals surface area contributed by atoms with Gasteiger partial charge < -0.3 is 21.1 Å². The van der Waals surface area contributed by atoms with Gasteiger partial charge in [0.25, 0.3) is 0 Å². The number of rotatable bonds is 4. The zero-order chi connectivity index (χ0) is 14.4. The molecule has 2 aromatic carbocycles. The van der Waals surface area contributed by atoms with Crippen LogP contribution in [0.3, 0.4) is 0 Å². The number of ether oxygens (including phenoxy) is 1. The molecule has 20 heavy (non-hydrogen) atoms. The zero-order valence-electron chi connectivity index (χ0n) is 11.2. The van der Waals surface area contributed by atoms with Gasteiger partial charge in [-0.1, -0.05) is 24.3 Å². The van der Waals surface area contributed by atoms with Gasteiger partial charge in [0.2, 0.25) is 0 Å². The number of carbonyl (C=O) groups is 1. The molecule has 0 aliphatic heterocycles. The van der Waals surface area contributed by atoms with Gasteiger partial charge in [-0.05, 0) is 23.8 Å². The Morgan fingerprint density at radius 1 is 1.15 bits per heavy atom. The molecule has 104 valence electrons. The number of benzene rings is 2. The number of nitrogens with two attached hydrogens (primary N) is 1. The van der Waals surface area contributed by atoms with Crippen molar-refractivity contribution in [3.05, 3.63) is 54.1 Å². The number of hydrogen-bond donors (Lipinski definition) is 3. The van der Waals surface area contributed by atoms with E-state index in [1.54, 1.807) is 19.2 Å². The van der Waals surface area contributed by atoms with Crippen molar-refractivity contribution in [2.45, 2.75) is 6.54 Å². The third kappa shape index (κ3) is 3.49. The molecule has 0 saturated carbocycles. The maximum absolute atomic E-state index is 11.9. The van der Waals surface area contributed by atoms with Crippen molar-refractivity contribution in [3.63, 3.8) is 0 Å². The highest BCUT2D eigenvalue weighted by Crippen LogP contribution is 2.18. The average Bonchev–Trinajstić information content (AvgIpc) is 2.48.